The highest BCUT2D eigenvalue weighted by molar-refractivity contribution is 5.77. The molecule has 7 nitrogen and oxygen atoms in total. The summed E-state index contributed by atoms with van der Waals surface area (Å²) in [6.45, 7) is 6.69. The maximum atomic E-state index is 12.2. The molecule has 1 saturated heterocycles. The first-order valence-corrected chi connectivity index (χ1v) is 6.39. The van der Waals surface area contributed by atoms with Crippen LogP contribution in [0.25, 0.3) is 0 Å². The molecule has 1 aliphatic heterocycles. The summed E-state index contributed by atoms with van der Waals surface area (Å²) in [4.78, 5) is 24.9. The number of nitrogens with zero attached hydrogens (tertiary/aromatic N) is 1. The molecule has 0 aliphatic carbocycles. The van der Waals surface area contributed by atoms with Crippen LogP contribution in [0.2, 0.25) is 0 Å². The van der Waals surface area contributed by atoms with E-state index in [-0.39, 0.29) is 6.61 Å². The molecule has 1 aliphatic rings. The fourth-order valence-corrected chi connectivity index (χ4v) is 2.36. The predicted octanol–water partition coefficient (Wildman–Crippen LogP) is 2.16. The lowest BCUT2D eigenvalue weighted by atomic mass is 10.1. The third kappa shape index (κ3) is 2.78. The quantitative estimate of drug-likeness (QED) is 0.856. The molecule has 114 valence electrons. The molecule has 0 spiro atoms. The molecule has 1 fully saturated rings. The fraction of sp³-hybridized carbons (Fsp3) is 0.429. The van der Waals surface area contributed by atoms with Crippen molar-refractivity contribution in [3.05, 3.63) is 36.8 Å². The number of carbonyl (C=O) groups excluding carboxylic acids is 1. The number of carboxylic acids is 1. The van der Waals surface area contributed by atoms with E-state index >= 15 is 0 Å². The second-order valence-electron chi connectivity index (χ2n) is 5.02. The number of carbonyl (C=O) groups is 2. The number of hydrogen-bond donors (Lipinski definition) is 1. The molecule has 21 heavy (non-hydrogen) atoms. The summed E-state index contributed by atoms with van der Waals surface area (Å²) >= 11 is 0. The maximum Gasteiger partial charge on any atom is 0.413 e. The first-order chi connectivity index (χ1) is 9.88. The molecule has 1 N–H and O–H groups in total. The highest BCUT2D eigenvalue weighted by Gasteiger charge is 2.55. The Bertz CT molecular complexity index is 536. The molecule has 1 aromatic rings. The van der Waals surface area contributed by atoms with E-state index in [4.69, 9.17) is 13.9 Å². The second-order valence-corrected chi connectivity index (χ2v) is 5.02. The van der Waals surface area contributed by atoms with Crippen LogP contribution in [-0.4, -0.2) is 40.5 Å². The highest BCUT2D eigenvalue weighted by Crippen LogP contribution is 2.42. The Balaban J connectivity index is 2.39. The van der Waals surface area contributed by atoms with Gasteiger partial charge in [-0.1, -0.05) is 12.7 Å². The van der Waals surface area contributed by atoms with Gasteiger partial charge < -0.3 is 19.0 Å². The van der Waals surface area contributed by atoms with Crippen LogP contribution in [0, 0.1) is 0 Å². The van der Waals surface area contributed by atoms with Gasteiger partial charge >= 0.3 is 12.1 Å². The van der Waals surface area contributed by atoms with Crippen LogP contribution in [0.4, 0.5) is 4.79 Å². The third-order valence-electron chi connectivity index (χ3n) is 3.16. The fourth-order valence-electron chi connectivity index (χ4n) is 2.36. The van der Waals surface area contributed by atoms with Gasteiger partial charge in [-0.05, 0) is 26.0 Å². The number of hydrogen-bond acceptors (Lipinski definition) is 5. The molecule has 2 rings (SSSR count). The topological polar surface area (TPSA) is 89.2 Å². The number of ether oxygens (including phenoxy) is 2. The van der Waals surface area contributed by atoms with Crippen molar-refractivity contribution in [2.24, 2.45) is 0 Å². The summed E-state index contributed by atoms with van der Waals surface area (Å²) < 4.78 is 15.8. The van der Waals surface area contributed by atoms with Crippen molar-refractivity contribution in [1.82, 2.24) is 4.90 Å². The maximum absolute atomic E-state index is 12.2. The summed E-state index contributed by atoms with van der Waals surface area (Å²) in [7, 11) is 0. The van der Waals surface area contributed by atoms with E-state index in [1.807, 2.05) is 0 Å². The Labute approximate surface area is 121 Å². The number of carboxylic acid groups (broad SMARTS) is 1. The largest absolute Gasteiger partial charge is 0.479 e. The zero-order valence-corrected chi connectivity index (χ0v) is 11.8. The molecular formula is C14H17NO6. The van der Waals surface area contributed by atoms with Crippen molar-refractivity contribution >= 4 is 12.1 Å². The minimum Gasteiger partial charge on any atom is -0.479 e. The highest BCUT2D eigenvalue weighted by atomic mass is 16.6. The Kier molecular flexibility index (Phi) is 4.04. The number of aliphatic carboxylic acids is 1. The first kappa shape index (κ1) is 15.1. The normalized spacial score (nSPS) is 23.8. The van der Waals surface area contributed by atoms with E-state index in [0.717, 1.165) is 0 Å². The summed E-state index contributed by atoms with van der Waals surface area (Å²) in [5.74, 6) is -0.855. The van der Waals surface area contributed by atoms with Gasteiger partial charge in [0.2, 0.25) is 0 Å². The minimum atomic E-state index is -1.23. The zero-order valence-electron chi connectivity index (χ0n) is 11.8. The number of rotatable bonds is 4. The Hall–Kier alpha value is -2.28. The van der Waals surface area contributed by atoms with Crippen molar-refractivity contribution < 1.29 is 28.6 Å². The van der Waals surface area contributed by atoms with Gasteiger partial charge in [0.05, 0.1) is 6.26 Å². The van der Waals surface area contributed by atoms with Gasteiger partial charge in [0.25, 0.3) is 0 Å². The van der Waals surface area contributed by atoms with E-state index in [2.05, 4.69) is 6.58 Å². The minimum absolute atomic E-state index is 0.0219. The molecule has 2 atom stereocenters. The van der Waals surface area contributed by atoms with Gasteiger partial charge in [0.1, 0.15) is 24.1 Å². The van der Waals surface area contributed by atoms with Gasteiger partial charge in [-0.2, -0.15) is 0 Å². The molecule has 0 aromatic carbocycles. The summed E-state index contributed by atoms with van der Waals surface area (Å²) in [5, 5.41) is 9.33. The molecule has 0 saturated carbocycles. The van der Waals surface area contributed by atoms with Crippen LogP contribution < -0.4 is 0 Å². The smallest absolute Gasteiger partial charge is 0.413 e. The standard InChI is InChI=1S/C14H17NO6/c1-4-7-20-13(18)15-10(9-6-5-8-19-9)11(12(16)17)21-14(15,2)3/h4-6,8,10-11H,1,7H2,2-3H3,(H,16,17). The van der Waals surface area contributed by atoms with Crippen molar-refractivity contribution in [3.63, 3.8) is 0 Å². The van der Waals surface area contributed by atoms with Gasteiger partial charge in [0, 0.05) is 0 Å². The summed E-state index contributed by atoms with van der Waals surface area (Å²) in [6, 6.07) is 2.32. The first-order valence-electron chi connectivity index (χ1n) is 6.39. The Morgan fingerprint density at radius 1 is 1.57 bits per heavy atom. The summed E-state index contributed by atoms with van der Waals surface area (Å²) in [6.07, 6.45) is 0.915. The van der Waals surface area contributed by atoms with E-state index in [0.29, 0.717) is 5.76 Å². The zero-order chi connectivity index (χ0) is 15.6. The van der Waals surface area contributed by atoms with Crippen molar-refractivity contribution in [3.8, 4) is 0 Å². The Morgan fingerprint density at radius 3 is 2.81 bits per heavy atom. The predicted molar refractivity (Wildman–Crippen MR) is 71.4 cm³/mol. The van der Waals surface area contributed by atoms with E-state index in [1.165, 1.54) is 17.2 Å². The average molecular weight is 295 g/mol. The number of amides is 1. The lowest BCUT2D eigenvalue weighted by Gasteiger charge is -2.31. The monoisotopic (exact) mass is 295 g/mol. The van der Waals surface area contributed by atoms with Crippen LogP contribution in [0.5, 0.6) is 0 Å². The van der Waals surface area contributed by atoms with Crippen LogP contribution in [0.15, 0.2) is 35.5 Å². The van der Waals surface area contributed by atoms with Gasteiger partial charge in [-0.25, -0.2) is 9.59 Å². The lowest BCUT2D eigenvalue weighted by Crippen LogP contribution is -2.45. The molecule has 0 bridgehead atoms. The molecule has 2 heterocycles. The van der Waals surface area contributed by atoms with Crippen LogP contribution in [-0.2, 0) is 14.3 Å². The van der Waals surface area contributed by atoms with Crippen LogP contribution in [0.3, 0.4) is 0 Å². The van der Waals surface area contributed by atoms with Crippen LogP contribution in [0.1, 0.15) is 25.6 Å². The molecular weight excluding hydrogens is 278 g/mol. The molecule has 7 heteroatoms. The van der Waals surface area contributed by atoms with Gasteiger partial charge in [-0.3, -0.25) is 4.90 Å². The van der Waals surface area contributed by atoms with E-state index in [1.54, 1.807) is 26.0 Å². The second kappa shape index (κ2) is 5.61. The molecule has 1 aromatic heterocycles. The SMILES string of the molecule is C=CCOC(=O)N1C(c2ccco2)C(C(=O)O)OC1(C)C. The third-order valence-corrected chi connectivity index (χ3v) is 3.16. The molecule has 0 radical (unpaired) electrons. The number of furan rings is 1. The lowest BCUT2D eigenvalue weighted by molar-refractivity contribution is -0.155. The average Bonchev–Trinajstić information content (AvgIpc) is 3.00. The summed E-state index contributed by atoms with van der Waals surface area (Å²) in [5.41, 5.74) is -1.14. The molecule has 2 unspecified atom stereocenters. The van der Waals surface area contributed by atoms with Gasteiger partial charge in [0.15, 0.2) is 6.10 Å². The van der Waals surface area contributed by atoms with Crippen molar-refractivity contribution in [2.75, 3.05) is 6.61 Å². The molecule has 1 amide bonds. The van der Waals surface area contributed by atoms with Gasteiger partial charge in [-0.15, -0.1) is 0 Å². The van der Waals surface area contributed by atoms with Crippen molar-refractivity contribution in [1.29, 1.82) is 0 Å². The van der Waals surface area contributed by atoms with Crippen LogP contribution >= 0.6 is 0 Å². The van der Waals surface area contributed by atoms with E-state index < -0.39 is 29.9 Å². The van der Waals surface area contributed by atoms with E-state index in [9.17, 15) is 14.7 Å². The van der Waals surface area contributed by atoms with Crippen molar-refractivity contribution in [2.45, 2.75) is 31.7 Å². The Morgan fingerprint density at radius 2 is 2.29 bits per heavy atom.